The highest BCUT2D eigenvalue weighted by Gasteiger charge is 2.39. The molecule has 0 amide bonds. The number of alkyl halides is 5. The SMILES string of the molecule is N#CC1CCc2c(OCC(F)F)ccc(C(F)(F)F)c21. The van der Waals surface area contributed by atoms with Crippen LogP contribution >= 0.6 is 0 Å². The van der Waals surface area contributed by atoms with Crippen LogP contribution in [-0.2, 0) is 12.6 Å². The first kappa shape index (κ1) is 14.6. The van der Waals surface area contributed by atoms with Crippen LogP contribution in [0.1, 0.15) is 29.0 Å². The molecule has 7 heteroatoms. The number of nitriles is 1. The lowest BCUT2D eigenvalue weighted by Crippen LogP contribution is -2.13. The summed E-state index contributed by atoms with van der Waals surface area (Å²) < 4.78 is 67.9. The molecular weight excluding hydrogens is 281 g/mol. The third kappa shape index (κ3) is 2.69. The lowest BCUT2D eigenvalue weighted by atomic mass is 9.96. The van der Waals surface area contributed by atoms with Gasteiger partial charge in [0.15, 0.2) is 0 Å². The van der Waals surface area contributed by atoms with E-state index in [4.69, 9.17) is 10.00 Å². The lowest BCUT2D eigenvalue weighted by molar-refractivity contribution is -0.138. The summed E-state index contributed by atoms with van der Waals surface area (Å²) in [7, 11) is 0. The molecule has 0 saturated carbocycles. The quantitative estimate of drug-likeness (QED) is 0.791. The Morgan fingerprint density at radius 1 is 1.35 bits per heavy atom. The Labute approximate surface area is 111 Å². The first-order valence-corrected chi connectivity index (χ1v) is 5.88. The highest BCUT2D eigenvalue weighted by molar-refractivity contribution is 5.52. The zero-order valence-corrected chi connectivity index (χ0v) is 10.2. The topological polar surface area (TPSA) is 33.0 Å². The van der Waals surface area contributed by atoms with Crippen molar-refractivity contribution in [2.24, 2.45) is 0 Å². The van der Waals surface area contributed by atoms with Crippen LogP contribution in [0.5, 0.6) is 5.75 Å². The van der Waals surface area contributed by atoms with Crippen LogP contribution in [0.4, 0.5) is 22.0 Å². The van der Waals surface area contributed by atoms with Crippen LogP contribution in [0, 0.1) is 11.3 Å². The molecule has 0 radical (unpaired) electrons. The van der Waals surface area contributed by atoms with Crippen molar-refractivity contribution < 1.29 is 26.7 Å². The van der Waals surface area contributed by atoms with E-state index >= 15 is 0 Å². The molecule has 0 fully saturated rings. The average Bonchev–Trinajstić information content (AvgIpc) is 2.78. The molecule has 0 bridgehead atoms. The van der Waals surface area contributed by atoms with Gasteiger partial charge < -0.3 is 4.74 Å². The fourth-order valence-electron chi connectivity index (χ4n) is 2.40. The minimum Gasteiger partial charge on any atom is -0.487 e. The largest absolute Gasteiger partial charge is 0.487 e. The first-order chi connectivity index (χ1) is 9.34. The zero-order valence-electron chi connectivity index (χ0n) is 10.2. The van der Waals surface area contributed by atoms with Gasteiger partial charge in [-0.1, -0.05) is 0 Å². The molecule has 2 nitrogen and oxygen atoms in total. The van der Waals surface area contributed by atoms with Crippen molar-refractivity contribution in [1.29, 1.82) is 5.26 Å². The van der Waals surface area contributed by atoms with Gasteiger partial charge in [0.05, 0.1) is 17.6 Å². The highest BCUT2D eigenvalue weighted by atomic mass is 19.4. The minimum atomic E-state index is -4.58. The van der Waals surface area contributed by atoms with Crippen molar-refractivity contribution in [2.45, 2.75) is 31.4 Å². The molecule has 108 valence electrons. The van der Waals surface area contributed by atoms with Gasteiger partial charge in [0.25, 0.3) is 6.43 Å². The molecule has 0 N–H and O–H groups in total. The fourth-order valence-corrected chi connectivity index (χ4v) is 2.40. The molecule has 0 saturated heterocycles. The lowest BCUT2D eigenvalue weighted by Gasteiger charge is -2.17. The first-order valence-electron chi connectivity index (χ1n) is 5.88. The average molecular weight is 291 g/mol. The molecule has 0 heterocycles. The minimum absolute atomic E-state index is 0.00560. The van der Waals surface area contributed by atoms with Gasteiger partial charge in [-0.05, 0) is 36.1 Å². The van der Waals surface area contributed by atoms with Crippen LogP contribution in [0.2, 0.25) is 0 Å². The summed E-state index contributed by atoms with van der Waals surface area (Å²) in [6.45, 7) is -0.880. The van der Waals surface area contributed by atoms with Crippen molar-refractivity contribution in [1.82, 2.24) is 0 Å². The Bertz CT molecular complexity index is 547. The number of halogens is 5. The summed E-state index contributed by atoms with van der Waals surface area (Å²) in [5.41, 5.74) is -0.806. The summed E-state index contributed by atoms with van der Waals surface area (Å²) >= 11 is 0. The predicted molar refractivity (Wildman–Crippen MR) is 59.6 cm³/mol. The standard InChI is InChI=1S/C13H10F5NO/c14-11(15)6-20-10-4-3-9(13(16,17)18)12-7(5-19)1-2-8(10)12/h3-4,7,11H,1-2,6H2. The maximum atomic E-state index is 12.9. The van der Waals surface area contributed by atoms with E-state index in [0.29, 0.717) is 0 Å². The Balaban J connectivity index is 2.46. The van der Waals surface area contributed by atoms with Gasteiger partial charge >= 0.3 is 6.18 Å². The third-order valence-corrected chi connectivity index (χ3v) is 3.17. The summed E-state index contributed by atoms with van der Waals surface area (Å²) in [6, 6.07) is 3.65. The van der Waals surface area contributed by atoms with Crippen molar-refractivity contribution in [3.63, 3.8) is 0 Å². The molecule has 1 aliphatic carbocycles. The van der Waals surface area contributed by atoms with Crippen LogP contribution in [0.25, 0.3) is 0 Å². The maximum absolute atomic E-state index is 12.9. The Kier molecular flexibility index (Phi) is 3.84. The van der Waals surface area contributed by atoms with E-state index in [-0.39, 0.29) is 29.7 Å². The Hall–Kier alpha value is -1.84. The maximum Gasteiger partial charge on any atom is 0.416 e. The van der Waals surface area contributed by atoms with Crippen LogP contribution in [-0.4, -0.2) is 13.0 Å². The van der Waals surface area contributed by atoms with Crippen molar-refractivity contribution in [3.05, 3.63) is 28.8 Å². The van der Waals surface area contributed by atoms with Crippen LogP contribution in [0.15, 0.2) is 12.1 Å². The second kappa shape index (κ2) is 5.27. The molecule has 0 aliphatic heterocycles. The molecule has 1 aromatic rings. The fraction of sp³-hybridized carbons (Fsp3) is 0.462. The van der Waals surface area contributed by atoms with Gasteiger partial charge in [0.1, 0.15) is 12.4 Å². The van der Waals surface area contributed by atoms with E-state index in [1.807, 2.05) is 6.07 Å². The molecular formula is C13H10F5NO. The van der Waals surface area contributed by atoms with Gasteiger partial charge in [-0.2, -0.15) is 18.4 Å². The molecule has 1 aromatic carbocycles. The van der Waals surface area contributed by atoms with Crippen molar-refractivity contribution in [2.75, 3.05) is 6.61 Å². The molecule has 1 unspecified atom stereocenters. The summed E-state index contributed by atoms with van der Waals surface area (Å²) in [6.07, 6.45) is -6.83. The molecule has 2 rings (SSSR count). The smallest absolute Gasteiger partial charge is 0.416 e. The molecule has 20 heavy (non-hydrogen) atoms. The molecule has 0 aromatic heterocycles. The molecule has 1 atom stereocenters. The number of hydrogen-bond acceptors (Lipinski definition) is 2. The normalized spacial score (nSPS) is 17.9. The number of hydrogen-bond donors (Lipinski definition) is 0. The molecule has 1 aliphatic rings. The van der Waals surface area contributed by atoms with Gasteiger partial charge in [0.2, 0.25) is 0 Å². The van der Waals surface area contributed by atoms with Crippen molar-refractivity contribution in [3.8, 4) is 11.8 Å². The predicted octanol–water partition coefficient (Wildman–Crippen LogP) is 3.90. The van der Waals surface area contributed by atoms with E-state index in [2.05, 4.69) is 0 Å². The number of ether oxygens (including phenoxy) is 1. The van der Waals surface area contributed by atoms with Crippen molar-refractivity contribution >= 4 is 0 Å². The Morgan fingerprint density at radius 3 is 2.60 bits per heavy atom. The van der Waals surface area contributed by atoms with E-state index in [0.717, 1.165) is 12.1 Å². The van der Waals surface area contributed by atoms with E-state index in [1.54, 1.807) is 0 Å². The monoisotopic (exact) mass is 291 g/mol. The second-order valence-electron chi connectivity index (χ2n) is 4.42. The number of benzene rings is 1. The van der Waals surface area contributed by atoms with Gasteiger partial charge in [-0.25, -0.2) is 8.78 Å². The van der Waals surface area contributed by atoms with Crippen LogP contribution in [0.3, 0.4) is 0 Å². The van der Waals surface area contributed by atoms with E-state index in [1.165, 1.54) is 0 Å². The highest BCUT2D eigenvalue weighted by Crippen LogP contribution is 2.45. The second-order valence-corrected chi connectivity index (χ2v) is 4.42. The summed E-state index contributed by atoms with van der Waals surface area (Å²) in [5, 5.41) is 8.93. The molecule has 0 spiro atoms. The van der Waals surface area contributed by atoms with Gasteiger partial charge in [-0.15, -0.1) is 0 Å². The third-order valence-electron chi connectivity index (χ3n) is 3.17. The summed E-state index contributed by atoms with van der Waals surface area (Å²) in [5.74, 6) is -0.872. The van der Waals surface area contributed by atoms with E-state index < -0.39 is 30.7 Å². The number of nitrogens with zero attached hydrogens (tertiary/aromatic N) is 1. The summed E-state index contributed by atoms with van der Waals surface area (Å²) in [4.78, 5) is 0. The van der Waals surface area contributed by atoms with Crippen LogP contribution < -0.4 is 4.74 Å². The Morgan fingerprint density at radius 2 is 2.05 bits per heavy atom. The van der Waals surface area contributed by atoms with E-state index in [9.17, 15) is 22.0 Å². The van der Waals surface area contributed by atoms with Gasteiger partial charge in [0, 0.05) is 0 Å². The number of rotatable bonds is 3. The number of fused-ring (bicyclic) bond motifs is 1. The van der Waals surface area contributed by atoms with Gasteiger partial charge in [-0.3, -0.25) is 0 Å². The zero-order chi connectivity index (χ0) is 14.9.